The lowest BCUT2D eigenvalue weighted by Gasteiger charge is -2.10. The number of rotatable bonds is 0. The van der Waals surface area contributed by atoms with Gasteiger partial charge in [0.2, 0.25) is 0 Å². The molecule has 0 amide bonds. The summed E-state index contributed by atoms with van der Waals surface area (Å²) in [6.07, 6.45) is 4.21. The van der Waals surface area contributed by atoms with Crippen LogP contribution in [0, 0.1) is 0 Å². The molecular weight excluding hydrogens is 136 g/mol. The highest BCUT2D eigenvalue weighted by Gasteiger charge is 2.08. The third kappa shape index (κ3) is 1.49. The van der Waals surface area contributed by atoms with Crippen LogP contribution < -0.4 is 0 Å². The predicted molar refractivity (Wildman–Crippen MR) is 38.7 cm³/mol. The van der Waals surface area contributed by atoms with Crippen molar-refractivity contribution in [2.75, 3.05) is 0 Å². The lowest BCUT2D eigenvalue weighted by molar-refractivity contribution is 0.420. The molecule has 9 heavy (non-hydrogen) atoms. The topological polar surface area (TPSA) is 20.2 Å². The minimum absolute atomic E-state index is 0.0703. The summed E-state index contributed by atoms with van der Waals surface area (Å²) in [6, 6.07) is 0. The van der Waals surface area contributed by atoms with Gasteiger partial charge in [-0.25, -0.2) is 0 Å². The minimum atomic E-state index is 0.0703. The van der Waals surface area contributed by atoms with Crippen LogP contribution in [0.2, 0.25) is 0 Å². The Balaban J connectivity index is 2.75. The molecule has 0 aromatic carbocycles. The van der Waals surface area contributed by atoms with Crippen LogP contribution in [-0.2, 0) is 0 Å². The highest BCUT2D eigenvalue weighted by atomic mass is 35.5. The molecule has 1 rings (SSSR count). The molecule has 0 aromatic rings. The van der Waals surface area contributed by atoms with Gasteiger partial charge in [-0.2, -0.15) is 0 Å². The van der Waals surface area contributed by atoms with E-state index >= 15 is 0 Å². The summed E-state index contributed by atoms with van der Waals surface area (Å²) in [6.45, 7) is 1.88. The highest BCUT2D eigenvalue weighted by molar-refractivity contribution is 6.22. The Morgan fingerprint density at radius 1 is 1.78 bits per heavy atom. The molecule has 0 bridgehead atoms. The van der Waals surface area contributed by atoms with Crippen LogP contribution in [0.3, 0.4) is 0 Å². The van der Waals surface area contributed by atoms with E-state index in [1.807, 2.05) is 6.92 Å². The molecule has 1 N–H and O–H groups in total. The van der Waals surface area contributed by atoms with Crippen molar-refractivity contribution in [2.45, 2.75) is 18.7 Å². The first-order valence-electron chi connectivity index (χ1n) is 2.91. The Morgan fingerprint density at radius 2 is 2.44 bits per heavy atom. The third-order valence-corrected chi connectivity index (χ3v) is 1.70. The van der Waals surface area contributed by atoms with Gasteiger partial charge in [0.1, 0.15) is 5.76 Å². The van der Waals surface area contributed by atoms with E-state index in [0.29, 0.717) is 5.76 Å². The number of hydrogen-bond acceptors (Lipinski definition) is 1. The van der Waals surface area contributed by atoms with Gasteiger partial charge in [-0.1, -0.05) is 6.08 Å². The zero-order valence-corrected chi connectivity index (χ0v) is 6.02. The molecule has 1 aliphatic rings. The van der Waals surface area contributed by atoms with Crippen molar-refractivity contribution in [3.63, 3.8) is 0 Å². The zero-order valence-electron chi connectivity index (χ0n) is 5.26. The summed E-state index contributed by atoms with van der Waals surface area (Å²) < 4.78 is 0. The van der Waals surface area contributed by atoms with Gasteiger partial charge in [-0.3, -0.25) is 0 Å². The fourth-order valence-corrected chi connectivity index (χ4v) is 1.11. The monoisotopic (exact) mass is 144 g/mol. The van der Waals surface area contributed by atoms with Crippen molar-refractivity contribution in [2.24, 2.45) is 0 Å². The summed E-state index contributed by atoms with van der Waals surface area (Å²) in [5.41, 5.74) is 0.970. The van der Waals surface area contributed by atoms with E-state index in [9.17, 15) is 0 Å². The maximum atomic E-state index is 9.03. The van der Waals surface area contributed by atoms with Gasteiger partial charge in [0, 0.05) is 0 Å². The second-order valence-corrected chi connectivity index (χ2v) is 2.81. The summed E-state index contributed by atoms with van der Waals surface area (Å²) in [5, 5.41) is 9.10. The van der Waals surface area contributed by atoms with Crippen molar-refractivity contribution >= 4 is 11.6 Å². The molecule has 1 unspecified atom stereocenters. The summed E-state index contributed by atoms with van der Waals surface area (Å²) >= 11 is 5.74. The molecule has 0 aliphatic heterocycles. The Morgan fingerprint density at radius 3 is 2.89 bits per heavy atom. The van der Waals surface area contributed by atoms with E-state index in [1.165, 1.54) is 0 Å². The van der Waals surface area contributed by atoms with E-state index in [1.54, 1.807) is 12.2 Å². The zero-order chi connectivity index (χ0) is 6.85. The third-order valence-electron chi connectivity index (χ3n) is 1.40. The van der Waals surface area contributed by atoms with Crippen LogP contribution >= 0.6 is 11.6 Å². The molecule has 0 saturated carbocycles. The molecule has 1 nitrogen and oxygen atoms in total. The number of aliphatic hydroxyl groups is 1. The number of alkyl halides is 1. The predicted octanol–water partition coefficient (Wildman–Crippen LogP) is 2.39. The fourth-order valence-electron chi connectivity index (χ4n) is 0.803. The van der Waals surface area contributed by atoms with Crippen molar-refractivity contribution < 1.29 is 5.11 Å². The van der Waals surface area contributed by atoms with Gasteiger partial charge in [0.15, 0.2) is 0 Å². The van der Waals surface area contributed by atoms with Crippen LogP contribution in [0.25, 0.3) is 0 Å². The van der Waals surface area contributed by atoms with E-state index in [-0.39, 0.29) is 5.38 Å². The average Bonchev–Trinajstić information content (AvgIpc) is 1.80. The van der Waals surface area contributed by atoms with Crippen molar-refractivity contribution in [3.8, 4) is 0 Å². The normalized spacial score (nSPS) is 27.1. The number of allylic oxidation sites excluding steroid dienone is 3. The Labute approximate surface area is 59.6 Å². The standard InChI is InChI=1S/C7H9ClO/c1-5-4-6(8)2-3-7(5)9/h2-3,6,9H,4H2,1H3. The Hall–Kier alpha value is -0.430. The quantitative estimate of drug-likeness (QED) is 0.518. The summed E-state index contributed by atoms with van der Waals surface area (Å²) in [4.78, 5) is 0. The number of halogens is 1. The molecule has 0 fully saturated rings. The molecule has 0 spiro atoms. The highest BCUT2D eigenvalue weighted by Crippen LogP contribution is 2.19. The van der Waals surface area contributed by atoms with Crippen LogP contribution in [0.4, 0.5) is 0 Å². The molecule has 2 heteroatoms. The van der Waals surface area contributed by atoms with Gasteiger partial charge in [0.25, 0.3) is 0 Å². The molecule has 0 heterocycles. The molecule has 1 atom stereocenters. The largest absolute Gasteiger partial charge is 0.508 e. The summed E-state index contributed by atoms with van der Waals surface area (Å²) in [5.74, 6) is 0.368. The first-order chi connectivity index (χ1) is 4.20. The average molecular weight is 145 g/mol. The fraction of sp³-hybridized carbons (Fsp3) is 0.429. The first-order valence-corrected chi connectivity index (χ1v) is 3.35. The van der Waals surface area contributed by atoms with E-state index in [0.717, 1.165) is 12.0 Å². The lowest BCUT2D eigenvalue weighted by Crippen LogP contribution is -2.01. The Kier molecular flexibility index (Phi) is 1.81. The van der Waals surface area contributed by atoms with Gasteiger partial charge in [-0.15, -0.1) is 11.6 Å². The van der Waals surface area contributed by atoms with Crippen LogP contribution in [0.5, 0.6) is 0 Å². The molecule has 0 radical (unpaired) electrons. The van der Waals surface area contributed by atoms with Crippen molar-refractivity contribution in [3.05, 3.63) is 23.5 Å². The molecule has 50 valence electrons. The van der Waals surface area contributed by atoms with Crippen LogP contribution in [-0.4, -0.2) is 10.5 Å². The maximum absolute atomic E-state index is 9.03. The van der Waals surface area contributed by atoms with Crippen molar-refractivity contribution in [1.29, 1.82) is 0 Å². The smallest absolute Gasteiger partial charge is 0.114 e. The second kappa shape index (κ2) is 2.44. The van der Waals surface area contributed by atoms with Gasteiger partial charge >= 0.3 is 0 Å². The van der Waals surface area contributed by atoms with Crippen LogP contribution in [0.15, 0.2) is 23.5 Å². The van der Waals surface area contributed by atoms with E-state index in [2.05, 4.69) is 0 Å². The molecule has 0 saturated heterocycles. The van der Waals surface area contributed by atoms with E-state index in [4.69, 9.17) is 16.7 Å². The summed E-state index contributed by atoms with van der Waals surface area (Å²) in [7, 11) is 0. The molecule has 0 aromatic heterocycles. The van der Waals surface area contributed by atoms with Gasteiger partial charge in [-0.05, 0) is 25.0 Å². The second-order valence-electron chi connectivity index (χ2n) is 2.24. The van der Waals surface area contributed by atoms with Gasteiger partial charge < -0.3 is 5.11 Å². The number of aliphatic hydroxyl groups excluding tert-OH is 1. The van der Waals surface area contributed by atoms with Crippen molar-refractivity contribution in [1.82, 2.24) is 0 Å². The maximum Gasteiger partial charge on any atom is 0.114 e. The minimum Gasteiger partial charge on any atom is -0.508 e. The Bertz CT molecular complexity index is 170. The van der Waals surface area contributed by atoms with E-state index < -0.39 is 0 Å². The van der Waals surface area contributed by atoms with Crippen LogP contribution in [0.1, 0.15) is 13.3 Å². The lowest BCUT2D eigenvalue weighted by atomic mass is 10.1. The first kappa shape index (κ1) is 6.69. The number of hydrogen-bond donors (Lipinski definition) is 1. The SMILES string of the molecule is CC1=C(O)C=CC(Cl)C1. The molecular formula is C7H9ClO. The molecule has 1 aliphatic carbocycles. The van der Waals surface area contributed by atoms with Gasteiger partial charge in [0.05, 0.1) is 5.38 Å².